The monoisotopic (exact) mass is 170 g/mol. The zero-order chi connectivity index (χ0) is 9.26. The molecule has 64 valence electrons. The van der Waals surface area contributed by atoms with Crippen LogP contribution in [0.15, 0.2) is 29.3 Å². The fourth-order valence-corrected chi connectivity index (χ4v) is 1.67. The standard InChI is InChI=1S/C11H10N2/c1-8-6-9-4-2-3-5-10(9)11(7-12)13-8/h2-5,8H,6H2,1H3. The summed E-state index contributed by atoms with van der Waals surface area (Å²) in [5, 5.41) is 8.87. The molecule has 13 heavy (non-hydrogen) atoms. The largest absolute Gasteiger partial charge is 0.270 e. The maximum absolute atomic E-state index is 8.87. The molecule has 1 aromatic rings. The molecule has 2 nitrogen and oxygen atoms in total. The molecule has 1 aliphatic heterocycles. The Hall–Kier alpha value is -1.62. The van der Waals surface area contributed by atoms with Crippen molar-refractivity contribution in [2.75, 3.05) is 0 Å². The van der Waals surface area contributed by atoms with Crippen LogP contribution in [0.25, 0.3) is 0 Å². The van der Waals surface area contributed by atoms with Crippen molar-refractivity contribution in [3.8, 4) is 6.07 Å². The first-order valence-corrected chi connectivity index (χ1v) is 4.37. The van der Waals surface area contributed by atoms with Gasteiger partial charge in [0, 0.05) is 5.56 Å². The lowest BCUT2D eigenvalue weighted by Crippen LogP contribution is -2.17. The number of hydrogen-bond acceptors (Lipinski definition) is 2. The molecular formula is C11H10N2. The van der Waals surface area contributed by atoms with Gasteiger partial charge in [0.05, 0.1) is 6.04 Å². The number of nitriles is 1. The Balaban J connectivity index is 2.57. The summed E-state index contributed by atoms with van der Waals surface area (Å²) in [5.74, 6) is 0. The van der Waals surface area contributed by atoms with Crippen molar-refractivity contribution in [3.05, 3.63) is 35.4 Å². The normalized spacial score (nSPS) is 20.0. The van der Waals surface area contributed by atoms with Gasteiger partial charge in [0.25, 0.3) is 0 Å². The summed E-state index contributed by atoms with van der Waals surface area (Å²) in [6.07, 6.45) is 0.946. The molecule has 1 aromatic carbocycles. The van der Waals surface area contributed by atoms with Crippen molar-refractivity contribution in [3.63, 3.8) is 0 Å². The molecule has 1 aliphatic rings. The Morgan fingerprint density at radius 2 is 2.23 bits per heavy atom. The lowest BCUT2D eigenvalue weighted by Gasteiger charge is -2.16. The first-order valence-electron chi connectivity index (χ1n) is 4.37. The quantitative estimate of drug-likeness (QED) is 0.586. The number of nitrogens with zero attached hydrogens (tertiary/aromatic N) is 2. The van der Waals surface area contributed by atoms with Gasteiger partial charge in [-0.15, -0.1) is 0 Å². The van der Waals surface area contributed by atoms with Gasteiger partial charge in [0.15, 0.2) is 0 Å². The molecule has 0 aromatic heterocycles. The average Bonchev–Trinajstić information content (AvgIpc) is 2.16. The Bertz CT molecular complexity index is 399. The molecule has 0 bridgehead atoms. The summed E-state index contributed by atoms with van der Waals surface area (Å²) >= 11 is 0. The molecule has 0 spiro atoms. The second-order valence-electron chi connectivity index (χ2n) is 3.30. The van der Waals surface area contributed by atoms with E-state index in [2.05, 4.69) is 17.1 Å². The molecule has 0 saturated carbocycles. The zero-order valence-corrected chi connectivity index (χ0v) is 7.49. The fraction of sp³-hybridized carbons (Fsp3) is 0.273. The molecule has 1 unspecified atom stereocenters. The van der Waals surface area contributed by atoms with Gasteiger partial charge < -0.3 is 0 Å². The van der Waals surface area contributed by atoms with Crippen molar-refractivity contribution in [2.45, 2.75) is 19.4 Å². The highest BCUT2D eigenvalue weighted by atomic mass is 14.8. The maximum atomic E-state index is 8.87. The summed E-state index contributed by atoms with van der Waals surface area (Å²) in [6, 6.07) is 10.4. The number of benzene rings is 1. The Morgan fingerprint density at radius 3 is 3.00 bits per heavy atom. The Morgan fingerprint density at radius 1 is 1.46 bits per heavy atom. The molecule has 2 rings (SSSR count). The molecule has 0 radical (unpaired) electrons. The van der Waals surface area contributed by atoms with Crippen molar-refractivity contribution in [1.82, 2.24) is 0 Å². The summed E-state index contributed by atoms with van der Waals surface area (Å²) in [7, 11) is 0. The van der Waals surface area contributed by atoms with E-state index in [0.29, 0.717) is 5.71 Å². The third-order valence-corrected chi connectivity index (χ3v) is 2.24. The highest BCUT2D eigenvalue weighted by Crippen LogP contribution is 2.18. The van der Waals surface area contributed by atoms with E-state index in [4.69, 9.17) is 5.26 Å². The van der Waals surface area contributed by atoms with Gasteiger partial charge in [0.1, 0.15) is 11.8 Å². The van der Waals surface area contributed by atoms with E-state index >= 15 is 0 Å². The van der Waals surface area contributed by atoms with Crippen molar-refractivity contribution in [2.24, 2.45) is 4.99 Å². The molecule has 0 amide bonds. The first kappa shape index (κ1) is 8.00. The predicted molar refractivity (Wildman–Crippen MR) is 51.8 cm³/mol. The van der Waals surface area contributed by atoms with Crippen LogP contribution >= 0.6 is 0 Å². The van der Waals surface area contributed by atoms with Crippen LogP contribution in [0.4, 0.5) is 0 Å². The van der Waals surface area contributed by atoms with Crippen LogP contribution in [0.5, 0.6) is 0 Å². The van der Waals surface area contributed by atoms with E-state index in [0.717, 1.165) is 12.0 Å². The van der Waals surface area contributed by atoms with Gasteiger partial charge in [-0.25, -0.2) is 0 Å². The van der Waals surface area contributed by atoms with Gasteiger partial charge in [-0.1, -0.05) is 24.3 Å². The minimum absolute atomic E-state index is 0.240. The summed E-state index contributed by atoms with van der Waals surface area (Å²) < 4.78 is 0. The average molecular weight is 170 g/mol. The first-order chi connectivity index (χ1) is 6.31. The highest BCUT2D eigenvalue weighted by Gasteiger charge is 2.16. The lowest BCUT2D eigenvalue weighted by atomic mass is 9.95. The Labute approximate surface area is 77.5 Å². The SMILES string of the molecule is CC1Cc2ccccc2C(C#N)=N1. The van der Waals surface area contributed by atoms with Crippen molar-refractivity contribution in [1.29, 1.82) is 5.26 Å². The van der Waals surface area contributed by atoms with Crippen LogP contribution in [0, 0.1) is 11.3 Å². The summed E-state index contributed by atoms with van der Waals surface area (Å²) in [4.78, 5) is 4.30. The van der Waals surface area contributed by atoms with Crippen molar-refractivity contribution < 1.29 is 0 Å². The van der Waals surface area contributed by atoms with E-state index in [1.165, 1.54) is 5.56 Å². The van der Waals surface area contributed by atoms with Gasteiger partial charge in [-0.3, -0.25) is 4.99 Å². The van der Waals surface area contributed by atoms with E-state index < -0.39 is 0 Å². The van der Waals surface area contributed by atoms with Crippen LogP contribution < -0.4 is 0 Å². The topological polar surface area (TPSA) is 36.1 Å². The summed E-state index contributed by atoms with van der Waals surface area (Å²) in [6.45, 7) is 2.04. The van der Waals surface area contributed by atoms with Gasteiger partial charge >= 0.3 is 0 Å². The molecule has 1 atom stereocenters. The molecule has 0 saturated heterocycles. The second kappa shape index (κ2) is 3.02. The van der Waals surface area contributed by atoms with Gasteiger partial charge in [0.2, 0.25) is 0 Å². The number of rotatable bonds is 0. The fourth-order valence-electron chi connectivity index (χ4n) is 1.67. The van der Waals surface area contributed by atoms with Crippen LogP contribution in [0.3, 0.4) is 0 Å². The van der Waals surface area contributed by atoms with Crippen LogP contribution in [0.2, 0.25) is 0 Å². The third-order valence-electron chi connectivity index (χ3n) is 2.24. The van der Waals surface area contributed by atoms with Gasteiger partial charge in [-0.05, 0) is 18.9 Å². The number of hydrogen-bond donors (Lipinski definition) is 0. The summed E-state index contributed by atoms with van der Waals surface area (Å²) in [5.41, 5.74) is 2.82. The lowest BCUT2D eigenvalue weighted by molar-refractivity contribution is 0.729. The maximum Gasteiger partial charge on any atom is 0.142 e. The van der Waals surface area contributed by atoms with Crippen LogP contribution in [-0.2, 0) is 6.42 Å². The van der Waals surface area contributed by atoms with E-state index in [1.807, 2.05) is 25.1 Å². The Kier molecular flexibility index (Phi) is 1.86. The second-order valence-corrected chi connectivity index (χ2v) is 3.30. The molecule has 1 heterocycles. The number of aliphatic imine (C=N–C) groups is 1. The number of fused-ring (bicyclic) bond motifs is 1. The van der Waals surface area contributed by atoms with E-state index in [-0.39, 0.29) is 6.04 Å². The molecule has 0 aliphatic carbocycles. The zero-order valence-electron chi connectivity index (χ0n) is 7.49. The third kappa shape index (κ3) is 1.33. The van der Waals surface area contributed by atoms with Gasteiger partial charge in [-0.2, -0.15) is 5.26 Å². The predicted octanol–water partition coefficient (Wildman–Crippen LogP) is 1.94. The van der Waals surface area contributed by atoms with E-state index in [1.54, 1.807) is 0 Å². The molecule has 2 heteroatoms. The van der Waals surface area contributed by atoms with Crippen LogP contribution in [-0.4, -0.2) is 11.8 Å². The highest BCUT2D eigenvalue weighted by molar-refractivity contribution is 6.13. The minimum Gasteiger partial charge on any atom is -0.270 e. The van der Waals surface area contributed by atoms with Crippen LogP contribution in [0.1, 0.15) is 18.1 Å². The van der Waals surface area contributed by atoms with Crippen molar-refractivity contribution >= 4 is 5.71 Å². The molecule has 0 N–H and O–H groups in total. The molecular weight excluding hydrogens is 160 g/mol. The molecule has 0 fully saturated rings. The smallest absolute Gasteiger partial charge is 0.142 e. The minimum atomic E-state index is 0.240. The van der Waals surface area contributed by atoms with E-state index in [9.17, 15) is 0 Å².